The molecular weight excluding hydrogens is 428 g/mol. The first-order valence-corrected chi connectivity index (χ1v) is 12.2. The Bertz CT molecular complexity index is 1180. The van der Waals surface area contributed by atoms with E-state index in [1.165, 1.54) is 11.1 Å². The zero-order valence-electron chi connectivity index (χ0n) is 18.8. The molecule has 1 amide bonds. The Balaban J connectivity index is 1.39. The van der Waals surface area contributed by atoms with E-state index in [9.17, 15) is 4.79 Å². The predicted octanol–water partition coefficient (Wildman–Crippen LogP) is 5.36. The Kier molecular flexibility index (Phi) is 7.93. The minimum atomic E-state index is 0.0737. The van der Waals surface area contributed by atoms with Crippen molar-refractivity contribution >= 4 is 17.7 Å². The summed E-state index contributed by atoms with van der Waals surface area (Å²) in [5, 5.41) is 12.9. The summed E-state index contributed by atoms with van der Waals surface area (Å²) >= 11 is 1.65. The van der Waals surface area contributed by atoms with Crippen molar-refractivity contribution in [3.05, 3.63) is 107 Å². The summed E-state index contributed by atoms with van der Waals surface area (Å²) < 4.78 is 2.16. The molecule has 3 aromatic carbocycles. The van der Waals surface area contributed by atoms with Crippen molar-refractivity contribution in [2.24, 2.45) is 0 Å². The highest BCUT2D eigenvalue weighted by Gasteiger charge is 2.16. The van der Waals surface area contributed by atoms with Crippen molar-refractivity contribution in [3.63, 3.8) is 0 Å². The lowest BCUT2D eigenvalue weighted by atomic mass is 10.1. The Morgan fingerprint density at radius 1 is 0.879 bits per heavy atom. The third kappa shape index (κ3) is 6.33. The van der Waals surface area contributed by atoms with Crippen molar-refractivity contribution in [1.82, 2.24) is 20.1 Å². The van der Waals surface area contributed by atoms with Crippen LogP contribution in [0.2, 0.25) is 0 Å². The third-order valence-corrected chi connectivity index (χ3v) is 6.39. The maximum Gasteiger partial charge on any atom is 0.220 e. The van der Waals surface area contributed by atoms with E-state index in [1.807, 2.05) is 60.7 Å². The van der Waals surface area contributed by atoms with E-state index in [0.717, 1.165) is 34.4 Å². The van der Waals surface area contributed by atoms with Gasteiger partial charge in [-0.05, 0) is 36.1 Å². The monoisotopic (exact) mass is 456 g/mol. The van der Waals surface area contributed by atoms with E-state index in [4.69, 9.17) is 0 Å². The lowest BCUT2D eigenvalue weighted by Gasteiger charge is -2.13. The Morgan fingerprint density at radius 2 is 1.55 bits per heavy atom. The maximum absolute atomic E-state index is 12.2. The molecule has 4 aromatic rings. The molecule has 1 heterocycles. The van der Waals surface area contributed by atoms with Gasteiger partial charge in [0, 0.05) is 25.1 Å². The number of hydrogen-bond acceptors (Lipinski definition) is 4. The van der Waals surface area contributed by atoms with Crippen LogP contribution in [0.25, 0.3) is 5.69 Å². The molecule has 1 aromatic heterocycles. The summed E-state index contributed by atoms with van der Waals surface area (Å²) in [5.74, 6) is 1.79. The van der Waals surface area contributed by atoms with Gasteiger partial charge in [0.2, 0.25) is 5.91 Å². The average Bonchev–Trinajstić information content (AvgIpc) is 3.24. The number of carbonyl (C=O) groups is 1. The molecule has 0 aliphatic rings. The smallest absolute Gasteiger partial charge is 0.220 e. The standard InChI is InChI=1S/C27H28N4OS/c1-21-11-8-9-16-24(21)31-25(19-22-12-4-2-5-13-22)29-30-27(31)33-18-10-17-26(32)28-20-23-14-6-3-7-15-23/h2-9,11-16H,10,17-20H2,1H3,(H,28,32). The third-order valence-electron chi connectivity index (χ3n) is 5.37. The molecule has 0 aliphatic carbocycles. The zero-order chi connectivity index (χ0) is 22.9. The summed E-state index contributed by atoms with van der Waals surface area (Å²) in [4.78, 5) is 12.2. The van der Waals surface area contributed by atoms with E-state index in [1.54, 1.807) is 11.8 Å². The number of aryl methyl sites for hydroxylation is 1. The van der Waals surface area contributed by atoms with Gasteiger partial charge in [-0.25, -0.2) is 0 Å². The molecule has 0 saturated carbocycles. The molecule has 0 bridgehead atoms. The fourth-order valence-electron chi connectivity index (χ4n) is 3.62. The van der Waals surface area contributed by atoms with Crippen LogP contribution in [-0.4, -0.2) is 26.4 Å². The number of aromatic nitrogens is 3. The molecule has 0 aliphatic heterocycles. The summed E-state index contributed by atoms with van der Waals surface area (Å²) in [6.07, 6.45) is 1.99. The summed E-state index contributed by atoms with van der Waals surface area (Å²) in [6, 6.07) is 28.6. The van der Waals surface area contributed by atoms with Crippen molar-refractivity contribution in [3.8, 4) is 5.69 Å². The number of amides is 1. The van der Waals surface area contributed by atoms with Gasteiger partial charge in [0.25, 0.3) is 0 Å². The largest absolute Gasteiger partial charge is 0.352 e. The number of rotatable bonds is 10. The molecule has 0 atom stereocenters. The van der Waals surface area contributed by atoms with Crippen LogP contribution in [0.4, 0.5) is 0 Å². The van der Waals surface area contributed by atoms with Crippen LogP contribution in [-0.2, 0) is 17.8 Å². The highest BCUT2D eigenvalue weighted by Crippen LogP contribution is 2.26. The number of hydrogen-bond donors (Lipinski definition) is 1. The van der Waals surface area contributed by atoms with Gasteiger partial charge in [0.15, 0.2) is 5.16 Å². The second-order valence-electron chi connectivity index (χ2n) is 7.90. The quantitative estimate of drug-likeness (QED) is 0.258. The minimum Gasteiger partial charge on any atom is -0.352 e. The number of thioether (sulfide) groups is 1. The van der Waals surface area contributed by atoms with Gasteiger partial charge in [-0.2, -0.15) is 0 Å². The number of nitrogens with zero attached hydrogens (tertiary/aromatic N) is 3. The SMILES string of the molecule is Cc1ccccc1-n1c(Cc2ccccc2)nnc1SCCCC(=O)NCc1ccccc1. The van der Waals surface area contributed by atoms with Crippen LogP contribution in [0.3, 0.4) is 0 Å². The van der Waals surface area contributed by atoms with Gasteiger partial charge in [0.05, 0.1) is 5.69 Å². The summed E-state index contributed by atoms with van der Waals surface area (Å²) in [5.41, 5.74) is 4.58. The van der Waals surface area contributed by atoms with Gasteiger partial charge in [0.1, 0.15) is 5.82 Å². The average molecular weight is 457 g/mol. The molecule has 1 N–H and O–H groups in total. The maximum atomic E-state index is 12.2. The normalized spacial score (nSPS) is 10.8. The van der Waals surface area contributed by atoms with E-state index >= 15 is 0 Å². The molecule has 168 valence electrons. The topological polar surface area (TPSA) is 59.8 Å². The van der Waals surface area contributed by atoms with Crippen molar-refractivity contribution in [1.29, 1.82) is 0 Å². The molecular formula is C27H28N4OS. The fourth-order valence-corrected chi connectivity index (χ4v) is 4.53. The van der Waals surface area contributed by atoms with E-state index in [2.05, 4.69) is 51.3 Å². The zero-order valence-corrected chi connectivity index (χ0v) is 19.6. The van der Waals surface area contributed by atoms with Gasteiger partial charge < -0.3 is 5.32 Å². The molecule has 0 unspecified atom stereocenters. The Morgan fingerprint density at radius 3 is 2.27 bits per heavy atom. The lowest BCUT2D eigenvalue weighted by Crippen LogP contribution is -2.22. The van der Waals surface area contributed by atoms with Gasteiger partial charge in [-0.15, -0.1) is 10.2 Å². The number of carbonyl (C=O) groups excluding carboxylic acids is 1. The Hall–Kier alpha value is -3.38. The molecule has 6 heteroatoms. The van der Waals surface area contributed by atoms with E-state index in [-0.39, 0.29) is 5.91 Å². The Labute approximate surface area is 199 Å². The number of benzene rings is 3. The molecule has 0 saturated heterocycles. The second-order valence-corrected chi connectivity index (χ2v) is 8.96. The first-order valence-electron chi connectivity index (χ1n) is 11.2. The summed E-state index contributed by atoms with van der Waals surface area (Å²) in [6.45, 7) is 2.67. The van der Waals surface area contributed by atoms with Crippen LogP contribution in [0.1, 0.15) is 35.4 Å². The van der Waals surface area contributed by atoms with Gasteiger partial charge >= 0.3 is 0 Å². The number of nitrogens with one attached hydrogen (secondary N) is 1. The van der Waals surface area contributed by atoms with Crippen LogP contribution < -0.4 is 5.32 Å². The first kappa shape index (κ1) is 22.8. The van der Waals surface area contributed by atoms with Crippen LogP contribution in [0.15, 0.2) is 90.1 Å². The second kappa shape index (κ2) is 11.5. The molecule has 4 rings (SSSR count). The molecule has 0 fully saturated rings. The lowest BCUT2D eigenvalue weighted by molar-refractivity contribution is -0.121. The highest BCUT2D eigenvalue weighted by atomic mass is 32.2. The molecule has 0 radical (unpaired) electrons. The molecule has 5 nitrogen and oxygen atoms in total. The molecule has 0 spiro atoms. The predicted molar refractivity (Wildman–Crippen MR) is 134 cm³/mol. The van der Waals surface area contributed by atoms with E-state index in [0.29, 0.717) is 19.4 Å². The van der Waals surface area contributed by atoms with Gasteiger partial charge in [-0.3, -0.25) is 9.36 Å². The van der Waals surface area contributed by atoms with Crippen molar-refractivity contribution in [2.75, 3.05) is 5.75 Å². The molecule has 33 heavy (non-hydrogen) atoms. The summed E-state index contributed by atoms with van der Waals surface area (Å²) in [7, 11) is 0. The van der Waals surface area contributed by atoms with Crippen LogP contribution >= 0.6 is 11.8 Å². The van der Waals surface area contributed by atoms with E-state index < -0.39 is 0 Å². The fraction of sp³-hybridized carbons (Fsp3) is 0.222. The first-order chi connectivity index (χ1) is 16.2. The highest BCUT2D eigenvalue weighted by molar-refractivity contribution is 7.99. The van der Waals surface area contributed by atoms with Crippen molar-refractivity contribution < 1.29 is 4.79 Å². The minimum absolute atomic E-state index is 0.0737. The van der Waals surface area contributed by atoms with Crippen LogP contribution in [0.5, 0.6) is 0 Å². The van der Waals surface area contributed by atoms with Crippen molar-refractivity contribution in [2.45, 2.75) is 37.9 Å². The van der Waals surface area contributed by atoms with Gasteiger partial charge in [-0.1, -0.05) is 90.6 Å². The number of para-hydroxylation sites is 1. The van der Waals surface area contributed by atoms with Crippen LogP contribution in [0, 0.1) is 6.92 Å².